The Morgan fingerprint density at radius 3 is 2.83 bits per heavy atom. The first-order chi connectivity index (χ1) is 8.58. The molecule has 0 amide bonds. The molecule has 2 N–H and O–H groups in total. The molecule has 0 bridgehead atoms. The van der Waals surface area contributed by atoms with Gasteiger partial charge in [-0.3, -0.25) is 0 Å². The van der Waals surface area contributed by atoms with E-state index < -0.39 is 11.8 Å². The number of hydrogen-bond acceptors (Lipinski definition) is 3. The second kappa shape index (κ2) is 5.18. The number of carboxylic acids is 1. The normalized spacial score (nSPS) is 12.1. The molecule has 1 aromatic carbocycles. The van der Waals surface area contributed by atoms with Gasteiger partial charge in [-0.1, -0.05) is 0 Å². The van der Waals surface area contributed by atoms with Crippen LogP contribution in [-0.2, 0) is 0 Å². The van der Waals surface area contributed by atoms with Crippen molar-refractivity contribution in [2.75, 3.05) is 5.32 Å². The largest absolute Gasteiger partial charge is 0.478 e. The summed E-state index contributed by atoms with van der Waals surface area (Å²) in [6, 6.07) is 5.58. The first-order valence-corrected chi connectivity index (χ1v) is 6.33. The molecule has 1 atom stereocenters. The number of halogens is 1. The fourth-order valence-electron chi connectivity index (χ4n) is 1.61. The minimum Gasteiger partial charge on any atom is -0.478 e. The van der Waals surface area contributed by atoms with Gasteiger partial charge in [0, 0.05) is 6.04 Å². The van der Waals surface area contributed by atoms with E-state index in [4.69, 9.17) is 5.11 Å². The van der Waals surface area contributed by atoms with Crippen LogP contribution in [0.15, 0.2) is 35.0 Å². The summed E-state index contributed by atoms with van der Waals surface area (Å²) < 4.78 is 13.6. The number of carbonyl (C=O) groups is 1. The van der Waals surface area contributed by atoms with Crippen LogP contribution in [0.5, 0.6) is 0 Å². The van der Waals surface area contributed by atoms with E-state index in [-0.39, 0.29) is 17.3 Å². The molecule has 5 heteroatoms. The average Bonchev–Trinajstić information content (AvgIpc) is 2.85. The summed E-state index contributed by atoms with van der Waals surface area (Å²) >= 11 is 1.56. The molecule has 1 aromatic heterocycles. The van der Waals surface area contributed by atoms with Gasteiger partial charge in [-0.2, -0.15) is 11.3 Å². The molecule has 0 aliphatic carbocycles. The van der Waals surface area contributed by atoms with Gasteiger partial charge in [0.25, 0.3) is 0 Å². The van der Waals surface area contributed by atoms with E-state index in [0.29, 0.717) is 0 Å². The van der Waals surface area contributed by atoms with E-state index in [1.165, 1.54) is 12.1 Å². The molecule has 0 aliphatic heterocycles. The maximum absolute atomic E-state index is 13.6. The molecule has 94 valence electrons. The third-order valence-electron chi connectivity index (χ3n) is 2.63. The highest BCUT2D eigenvalue weighted by molar-refractivity contribution is 7.07. The van der Waals surface area contributed by atoms with E-state index in [1.54, 1.807) is 11.3 Å². The SMILES string of the molecule is CC(Nc1cc(C(=O)O)ccc1F)c1ccsc1. The zero-order valence-electron chi connectivity index (χ0n) is 9.68. The van der Waals surface area contributed by atoms with Crippen molar-refractivity contribution in [3.8, 4) is 0 Å². The highest BCUT2D eigenvalue weighted by Crippen LogP contribution is 2.24. The topological polar surface area (TPSA) is 49.3 Å². The molecule has 0 saturated carbocycles. The number of aromatic carboxylic acids is 1. The lowest BCUT2D eigenvalue weighted by atomic mass is 10.1. The van der Waals surface area contributed by atoms with Crippen molar-refractivity contribution in [1.29, 1.82) is 0 Å². The predicted octanol–water partition coefficient (Wildman–Crippen LogP) is 3.76. The summed E-state index contributed by atoms with van der Waals surface area (Å²) in [6.07, 6.45) is 0. The van der Waals surface area contributed by atoms with E-state index in [1.807, 2.05) is 23.8 Å². The number of thiophene rings is 1. The fraction of sp³-hybridized carbons (Fsp3) is 0.154. The Morgan fingerprint density at radius 2 is 2.22 bits per heavy atom. The van der Waals surface area contributed by atoms with Crippen LogP contribution >= 0.6 is 11.3 Å². The van der Waals surface area contributed by atoms with E-state index >= 15 is 0 Å². The summed E-state index contributed by atoms with van der Waals surface area (Å²) in [6.45, 7) is 1.90. The van der Waals surface area contributed by atoms with Crippen LogP contribution in [0.3, 0.4) is 0 Å². The third kappa shape index (κ3) is 2.68. The standard InChI is InChI=1S/C13H12FNO2S/c1-8(10-4-5-18-7-10)15-12-6-9(13(16)17)2-3-11(12)14/h2-8,15H,1H3,(H,16,17). The molecule has 1 unspecified atom stereocenters. The molecule has 1 heterocycles. The smallest absolute Gasteiger partial charge is 0.335 e. The van der Waals surface area contributed by atoms with Gasteiger partial charge in [0.05, 0.1) is 11.3 Å². The monoisotopic (exact) mass is 265 g/mol. The average molecular weight is 265 g/mol. The lowest BCUT2D eigenvalue weighted by Gasteiger charge is -2.15. The molecule has 0 saturated heterocycles. The van der Waals surface area contributed by atoms with Crippen molar-refractivity contribution in [3.05, 3.63) is 52.0 Å². The first-order valence-electron chi connectivity index (χ1n) is 5.39. The van der Waals surface area contributed by atoms with Gasteiger partial charge in [-0.05, 0) is 47.5 Å². The van der Waals surface area contributed by atoms with Crippen molar-refractivity contribution >= 4 is 23.0 Å². The summed E-state index contributed by atoms with van der Waals surface area (Å²) in [7, 11) is 0. The zero-order chi connectivity index (χ0) is 13.1. The van der Waals surface area contributed by atoms with Gasteiger partial charge in [0.15, 0.2) is 0 Å². The Hall–Kier alpha value is -1.88. The number of anilines is 1. The Bertz CT molecular complexity index is 554. The van der Waals surface area contributed by atoms with Gasteiger partial charge >= 0.3 is 5.97 Å². The van der Waals surface area contributed by atoms with Crippen LogP contribution in [0.1, 0.15) is 28.9 Å². The highest BCUT2D eigenvalue weighted by atomic mass is 32.1. The number of carboxylic acid groups (broad SMARTS) is 1. The van der Waals surface area contributed by atoms with Crippen LogP contribution in [0.25, 0.3) is 0 Å². The minimum atomic E-state index is -1.07. The molecule has 3 nitrogen and oxygen atoms in total. The molecule has 2 aromatic rings. The summed E-state index contributed by atoms with van der Waals surface area (Å²) in [5.41, 5.74) is 1.31. The van der Waals surface area contributed by atoms with Crippen molar-refractivity contribution < 1.29 is 14.3 Å². The van der Waals surface area contributed by atoms with Gasteiger partial charge in [0.2, 0.25) is 0 Å². The van der Waals surface area contributed by atoms with Crippen LogP contribution in [0.4, 0.5) is 10.1 Å². The van der Waals surface area contributed by atoms with E-state index in [2.05, 4.69) is 5.32 Å². The quantitative estimate of drug-likeness (QED) is 0.885. The fourth-order valence-corrected chi connectivity index (χ4v) is 2.36. The molecule has 2 rings (SSSR count). The zero-order valence-corrected chi connectivity index (χ0v) is 10.5. The van der Waals surface area contributed by atoms with Crippen LogP contribution in [-0.4, -0.2) is 11.1 Å². The second-order valence-corrected chi connectivity index (χ2v) is 4.70. The summed E-state index contributed by atoms with van der Waals surface area (Å²) in [5, 5.41) is 15.8. The van der Waals surface area contributed by atoms with Crippen LogP contribution in [0, 0.1) is 5.82 Å². The third-order valence-corrected chi connectivity index (χ3v) is 3.33. The van der Waals surface area contributed by atoms with Crippen LogP contribution in [0.2, 0.25) is 0 Å². The van der Waals surface area contributed by atoms with Gasteiger partial charge in [-0.15, -0.1) is 0 Å². The Labute approximate surface area is 108 Å². The second-order valence-electron chi connectivity index (χ2n) is 3.92. The van der Waals surface area contributed by atoms with Gasteiger partial charge in [-0.25, -0.2) is 9.18 Å². The minimum absolute atomic E-state index is 0.0661. The molecular formula is C13H12FNO2S. The molecule has 18 heavy (non-hydrogen) atoms. The highest BCUT2D eigenvalue weighted by Gasteiger charge is 2.11. The predicted molar refractivity (Wildman–Crippen MR) is 69.7 cm³/mol. The van der Waals surface area contributed by atoms with Gasteiger partial charge in [0.1, 0.15) is 5.82 Å². The first kappa shape index (κ1) is 12.6. The van der Waals surface area contributed by atoms with Gasteiger partial charge < -0.3 is 10.4 Å². The molecule has 0 aliphatic rings. The maximum Gasteiger partial charge on any atom is 0.335 e. The van der Waals surface area contributed by atoms with Crippen LogP contribution < -0.4 is 5.32 Å². The molecule has 0 spiro atoms. The van der Waals surface area contributed by atoms with E-state index in [0.717, 1.165) is 11.6 Å². The van der Waals surface area contributed by atoms with Crippen molar-refractivity contribution in [2.24, 2.45) is 0 Å². The molecule has 0 radical (unpaired) electrons. The van der Waals surface area contributed by atoms with Crippen molar-refractivity contribution in [2.45, 2.75) is 13.0 Å². The number of benzene rings is 1. The summed E-state index contributed by atoms with van der Waals surface area (Å²) in [5.74, 6) is -1.52. The molecular weight excluding hydrogens is 253 g/mol. The van der Waals surface area contributed by atoms with Crippen molar-refractivity contribution in [3.63, 3.8) is 0 Å². The maximum atomic E-state index is 13.6. The Balaban J connectivity index is 2.23. The lowest BCUT2D eigenvalue weighted by molar-refractivity contribution is 0.0697. The Morgan fingerprint density at radius 1 is 1.44 bits per heavy atom. The van der Waals surface area contributed by atoms with Crippen molar-refractivity contribution in [1.82, 2.24) is 0 Å². The number of hydrogen-bond donors (Lipinski definition) is 2. The summed E-state index contributed by atoms with van der Waals surface area (Å²) in [4.78, 5) is 10.8. The van der Waals surface area contributed by atoms with E-state index in [9.17, 15) is 9.18 Å². The Kier molecular flexibility index (Phi) is 3.62. The lowest BCUT2D eigenvalue weighted by Crippen LogP contribution is -2.08. The number of rotatable bonds is 4. The number of nitrogens with one attached hydrogen (secondary N) is 1. The molecule has 0 fully saturated rings.